The van der Waals surface area contributed by atoms with E-state index in [9.17, 15) is 9.18 Å². The molecule has 1 aliphatic heterocycles. The molecule has 1 aromatic rings. The molecule has 2 N–H and O–H groups in total. The summed E-state index contributed by atoms with van der Waals surface area (Å²) in [4.78, 5) is 15.9. The molecule has 1 fully saturated rings. The second-order valence-electron chi connectivity index (χ2n) is 4.53. The highest BCUT2D eigenvalue weighted by Gasteiger charge is 2.22. The maximum Gasteiger partial charge on any atom is 0.252 e. The summed E-state index contributed by atoms with van der Waals surface area (Å²) < 4.78 is 12.9. The summed E-state index contributed by atoms with van der Waals surface area (Å²) in [5, 5.41) is 0. The summed E-state index contributed by atoms with van der Waals surface area (Å²) in [6.45, 7) is 0.997. The van der Waals surface area contributed by atoms with Gasteiger partial charge in [-0.25, -0.2) is 4.39 Å². The van der Waals surface area contributed by atoms with E-state index in [0.29, 0.717) is 18.9 Å². The first kappa shape index (κ1) is 15.4. The molecule has 20 heavy (non-hydrogen) atoms. The van der Waals surface area contributed by atoms with E-state index in [4.69, 9.17) is 0 Å². The summed E-state index contributed by atoms with van der Waals surface area (Å²) in [7, 11) is 1.96. The Bertz CT molecular complexity index is 459. The van der Waals surface area contributed by atoms with E-state index in [0.717, 1.165) is 5.88 Å². The van der Waals surface area contributed by atoms with Crippen molar-refractivity contribution in [2.24, 2.45) is 0 Å². The van der Waals surface area contributed by atoms with Gasteiger partial charge in [0.2, 0.25) is 0 Å². The minimum atomic E-state index is -0.309. The lowest BCUT2D eigenvalue weighted by Crippen LogP contribution is -2.48. The van der Waals surface area contributed by atoms with Gasteiger partial charge in [0, 0.05) is 5.88 Å². The number of benzene rings is 1. The number of hydrogen-bond acceptors (Lipinski definition) is 6. The monoisotopic (exact) mass is 316 g/mol. The van der Waals surface area contributed by atoms with Crippen LogP contribution < -0.4 is 10.9 Å². The van der Waals surface area contributed by atoms with Gasteiger partial charge in [-0.2, -0.15) is 0 Å². The van der Waals surface area contributed by atoms with Gasteiger partial charge < -0.3 is 0 Å². The normalized spacial score (nSPS) is 20.6. The maximum atomic E-state index is 12.7. The van der Waals surface area contributed by atoms with Crippen LogP contribution in [0.15, 0.2) is 24.3 Å². The van der Waals surface area contributed by atoms with E-state index in [-0.39, 0.29) is 16.4 Å². The number of nitrogens with one attached hydrogen (secondary N) is 2. The van der Waals surface area contributed by atoms with Crippen molar-refractivity contribution in [3.05, 3.63) is 30.1 Å². The molecule has 5 nitrogen and oxygen atoms in total. The average molecular weight is 316 g/mol. The van der Waals surface area contributed by atoms with Crippen LogP contribution in [0.2, 0.25) is 0 Å². The maximum absolute atomic E-state index is 12.7. The molecule has 0 aliphatic carbocycles. The van der Waals surface area contributed by atoms with Crippen molar-refractivity contribution in [3.63, 3.8) is 0 Å². The fourth-order valence-corrected chi connectivity index (χ4v) is 2.85. The van der Waals surface area contributed by atoms with Crippen molar-refractivity contribution in [3.8, 4) is 0 Å². The van der Waals surface area contributed by atoms with Crippen LogP contribution in [0.25, 0.3) is 0 Å². The molecular formula is C12H17FN4OS2. The number of thioether (sulfide) groups is 1. The Kier molecular flexibility index (Phi) is 5.53. The fraction of sp³-hybridized carbons (Fsp3) is 0.417. The highest BCUT2D eigenvalue weighted by Crippen LogP contribution is 2.23. The highest BCUT2D eigenvalue weighted by atomic mass is 32.2. The van der Waals surface area contributed by atoms with E-state index >= 15 is 0 Å². The van der Waals surface area contributed by atoms with Crippen molar-refractivity contribution >= 4 is 36.0 Å². The van der Waals surface area contributed by atoms with Crippen LogP contribution >= 0.6 is 24.4 Å². The third-order valence-corrected chi connectivity index (χ3v) is 4.78. The third-order valence-electron chi connectivity index (χ3n) is 2.76. The molecule has 1 amide bonds. The zero-order valence-corrected chi connectivity index (χ0v) is 12.8. The number of carbonyl (C=O) groups excluding carboxylic acids is 1. The summed E-state index contributed by atoms with van der Waals surface area (Å²) >= 11 is 6.07. The van der Waals surface area contributed by atoms with Crippen LogP contribution in [-0.4, -0.2) is 46.6 Å². The first-order valence-electron chi connectivity index (χ1n) is 6.07. The molecule has 1 saturated heterocycles. The molecule has 2 rings (SSSR count). The lowest BCUT2D eigenvalue weighted by atomic mass is 10.3. The zero-order valence-electron chi connectivity index (χ0n) is 11.0. The van der Waals surface area contributed by atoms with Gasteiger partial charge in [-0.3, -0.25) is 25.4 Å². The molecule has 8 heteroatoms. The van der Waals surface area contributed by atoms with Crippen LogP contribution in [0.1, 0.15) is 0 Å². The van der Waals surface area contributed by atoms with E-state index in [2.05, 4.69) is 28.4 Å². The molecular weight excluding hydrogens is 299 g/mol. The molecule has 0 saturated carbocycles. The number of nitrogens with zero attached hydrogens (tertiary/aromatic N) is 2. The van der Waals surface area contributed by atoms with E-state index in [1.54, 1.807) is 23.9 Å². The standard InChI is InChI=1S/C12H17FN4OS2/c1-16-7-17(8-20-12(16)19)6-11(18)15-14-10-4-2-9(13)3-5-10/h2-5,12,14,19H,6-8H2,1H3,(H,15,18). The molecule has 1 aromatic carbocycles. The van der Waals surface area contributed by atoms with Gasteiger partial charge in [0.05, 0.1) is 18.9 Å². The molecule has 0 bridgehead atoms. The average Bonchev–Trinajstić information content (AvgIpc) is 2.42. The van der Waals surface area contributed by atoms with E-state index < -0.39 is 0 Å². The molecule has 1 unspecified atom stereocenters. The number of rotatable bonds is 4. The highest BCUT2D eigenvalue weighted by molar-refractivity contribution is 8.10. The van der Waals surface area contributed by atoms with Crippen LogP contribution in [-0.2, 0) is 4.79 Å². The summed E-state index contributed by atoms with van der Waals surface area (Å²) in [5.74, 6) is 0.320. The summed E-state index contributed by atoms with van der Waals surface area (Å²) in [6, 6.07) is 5.78. The Morgan fingerprint density at radius 2 is 2.20 bits per heavy atom. The Labute approximate surface area is 127 Å². The van der Waals surface area contributed by atoms with E-state index in [1.807, 2.05) is 11.9 Å². The van der Waals surface area contributed by atoms with Crippen molar-refractivity contribution in [2.45, 2.75) is 4.71 Å². The van der Waals surface area contributed by atoms with Gasteiger partial charge in [-0.05, 0) is 31.3 Å². The Hall–Kier alpha value is -0.960. The second-order valence-corrected chi connectivity index (χ2v) is 6.41. The zero-order chi connectivity index (χ0) is 14.5. The molecule has 0 aromatic heterocycles. The molecule has 0 spiro atoms. The first-order chi connectivity index (χ1) is 9.54. The van der Waals surface area contributed by atoms with Gasteiger partial charge >= 0.3 is 0 Å². The van der Waals surface area contributed by atoms with Crippen LogP contribution in [0.5, 0.6) is 0 Å². The fourth-order valence-electron chi connectivity index (χ4n) is 1.74. The Morgan fingerprint density at radius 3 is 2.85 bits per heavy atom. The van der Waals surface area contributed by atoms with Gasteiger partial charge in [0.15, 0.2) is 0 Å². The Balaban J connectivity index is 1.74. The number of anilines is 1. The largest absolute Gasteiger partial charge is 0.299 e. The summed E-state index contributed by atoms with van der Waals surface area (Å²) in [6.07, 6.45) is 0. The number of thiol groups is 1. The van der Waals surface area contributed by atoms with Crippen LogP contribution in [0.3, 0.4) is 0 Å². The molecule has 0 radical (unpaired) electrons. The number of halogens is 1. The lowest BCUT2D eigenvalue weighted by Gasteiger charge is -2.36. The van der Waals surface area contributed by atoms with Crippen molar-refractivity contribution in [2.75, 3.05) is 31.6 Å². The first-order valence-corrected chi connectivity index (χ1v) is 7.64. The SMILES string of the molecule is CN1CN(CC(=O)NNc2ccc(F)cc2)CSC1S. The predicted octanol–water partition coefficient (Wildman–Crippen LogP) is 1.38. The topological polar surface area (TPSA) is 47.6 Å². The Morgan fingerprint density at radius 1 is 1.50 bits per heavy atom. The smallest absolute Gasteiger partial charge is 0.252 e. The number of amides is 1. The second kappa shape index (κ2) is 7.16. The van der Waals surface area contributed by atoms with Gasteiger partial charge in [-0.1, -0.05) is 0 Å². The van der Waals surface area contributed by atoms with Crippen molar-refractivity contribution in [1.82, 2.24) is 15.2 Å². The van der Waals surface area contributed by atoms with E-state index in [1.165, 1.54) is 12.1 Å². The number of carbonyl (C=O) groups is 1. The molecule has 110 valence electrons. The molecule has 1 aliphatic rings. The van der Waals surface area contributed by atoms with Crippen molar-refractivity contribution in [1.29, 1.82) is 0 Å². The van der Waals surface area contributed by atoms with Crippen LogP contribution in [0.4, 0.5) is 10.1 Å². The molecule has 1 heterocycles. The van der Waals surface area contributed by atoms with Gasteiger partial charge in [0.25, 0.3) is 5.91 Å². The minimum Gasteiger partial charge on any atom is -0.299 e. The van der Waals surface area contributed by atoms with Gasteiger partial charge in [-0.15, -0.1) is 24.4 Å². The van der Waals surface area contributed by atoms with Crippen molar-refractivity contribution < 1.29 is 9.18 Å². The number of hydrogen-bond donors (Lipinski definition) is 3. The summed E-state index contributed by atoms with van der Waals surface area (Å²) in [5.41, 5.74) is 5.98. The van der Waals surface area contributed by atoms with Crippen LogP contribution in [0, 0.1) is 5.82 Å². The van der Waals surface area contributed by atoms with Gasteiger partial charge in [0.1, 0.15) is 10.5 Å². The quantitative estimate of drug-likeness (QED) is 0.579. The number of hydrazine groups is 1. The minimum absolute atomic E-state index is 0.138. The third kappa shape index (κ3) is 4.55. The lowest BCUT2D eigenvalue weighted by molar-refractivity contribution is -0.122. The molecule has 1 atom stereocenters. The predicted molar refractivity (Wildman–Crippen MR) is 82.7 cm³/mol.